The predicted octanol–water partition coefficient (Wildman–Crippen LogP) is 2.38. The second kappa shape index (κ2) is 5.25. The van der Waals surface area contributed by atoms with E-state index < -0.39 is 0 Å². The van der Waals surface area contributed by atoms with Gasteiger partial charge in [-0.1, -0.05) is 0 Å². The molecule has 0 saturated carbocycles. The number of rotatable bonds is 4. The molecule has 3 nitrogen and oxygen atoms in total. The number of benzene rings is 1. The molecule has 1 aromatic carbocycles. The third-order valence-electron chi connectivity index (χ3n) is 2.50. The van der Waals surface area contributed by atoms with Crippen LogP contribution in [0.25, 0.3) is 0 Å². The fourth-order valence-electron chi connectivity index (χ4n) is 1.62. The van der Waals surface area contributed by atoms with Crippen molar-refractivity contribution in [1.82, 2.24) is 4.98 Å². The third-order valence-corrected chi connectivity index (χ3v) is 3.14. The van der Waals surface area contributed by atoms with Gasteiger partial charge in [-0.3, -0.25) is 0 Å². The molecule has 0 aliphatic heterocycles. The average molecular weight is 251 g/mol. The molecule has 2 rings (SSSR count). The van der Waals surface area contributed by atoms with Crippen molar-refractivity contribution >= 4 is 17.0 Å². The lowest BCUT2D eigenvalue weighted by atomic mass is 10.2. The number of hydrogen-bond donors (Lipinski definition) is 1. The Kier molecular flexibility index (Phi) is 3.71. The van der Waals surface area contributed by atoms with Gasteiger partial charge in [-0.15, -0.1) is 11.3 Å². The van der Waals surface area contributed by atoms with E-state index in [0.29, 0.717) is 13.1 Å². The Labute approximate surface area is 104 Å². The summed E-state index contributed by atoms with van der Waals surface area (Å²) >= 11 is 1.56. The lowest BCUT2D eigenvalue weighted by molar-refractivity contribution is 0.624. The summed E-state index contributed by atoms with van der Waals surface area (Å²) in [5, 5.41) is 1.99. The highest BCUT2D eigenvalue weighted by atomic mass is 32.1. The highest BCUT2D eigenvalue weighted by molar-refractivity contribution is 7.07. The standard InChI is InChI=1S/C12H14FN3S/c1-16(6-11-7-17-8-15-11)12-3-9(5-14)2-10(13)4-12/h2-4,7-8H,5-6,14H2,1H3. The molecule has 0 radical (unpaired) electrons. The molecule has 2 aromatic rings. The van der Waals surface area contributed by atoms with Gasteiger partial charge in [0.1, 0.15) is 5.82 Å². The van der Waals surface area contributed by atoms with Gasteiger partial charge in [-0.25, -0.2) is 9.37 Å². The molecule has 0 unspecified atom stereocenters. The van der Waals surface area contributed by atoms with Crippen LogP contribution in [0.15, 0.2) is 29.1 Å². The van der Waals surface area contributed by atoms with Gasteiger partial charge in [0, 0.05) is 24.7 Å². The molecule has 17 heavy (non-hydrogen) atoms. The minimum absolute atomic E-state index is 0.256. The Morgan fingerprint density at radius 1 is 1.41 bits per heavy atom. The number of thiazole rings is 1. The molecule has 0 spiro atoms. The molecule has 0 aliphatic rings. The van der Waals surface area contributed by atoms with Gasteiger partial charge >= 0.3 is 0 Å². The molecule has 0 bridgehead atoms. The van der Waals surface area contributed by atoms with E-state index >= 15 is 0 Å². The van der Waals surface area contributed by atoms with Crippen molar-refractivity contribution < 1.29 is 4.39 Å². The highest BCUT2D eigenvalue weighted by Gasteiger charge is 2.06. The smallest absolute Gasteiger partial charge is 0.125 e. The largest absolute Gasteiger partial charge is 0.369 e. The van der Waals surface area contributed by atoms with Crippen LogP contribution in [0.4, 0.5) is 10.1 Å². The molecule has 2 N–H and O–H groups in total. The van der Waals surface area contributed by atoms with Gasteiger partial charge in [0.25, 0.3) is 0 Å². The Morgan fingerprint density at radius 3 is 2.88 bits per heavy atom. The Hall–Kier alpha value is -1.46. The van der Waals surface area contributed by atoms with Crippen LogP contribution in [0, 0.1) is 5.82 Å². The van der Waals surface area contributed by atoms with Gasteiger partial charge in [-0.05, 0) is 23.8 Å². The summed E-state index contributed by atoms with van der Waals surface area (Å²) in [7, 11) is 1.91. The summed E-state index contributed by atoms with van der Waals surface area (Å²) < 4.78 is 13.4. The van der Waals surface area contributed by atoms with E-state index in [1.807, 2.05) is 23.4 Å². The van der Waals surface area contributed by atoms with Crippen LogP contribution < -0.4 is 10.6 Å². The van der Waals surface area contributed by atoms with Crippen LogP contribution in [0.5, 0.6) is 0 Å². The molecule has 1 heterocycles. The Bertz CT molecular complexity index is 485. The van der Waals surface area contributed by atoms with E-state index in [4.69, 9.17) is 5.73 Å². The quantitative estimate of drug-likeness (QED) is 0.907. The van der Waals surface area contributed by atoms with E-state index in [-0.39, 0.29) is 5.82 Å². The zero-order valence-electron chi connectivity index (χ0n) is 9.56. The summed E-state index contributed by atoms with van der Waals surface area (Å²) in [6.45, 7) is 1.01. The van der Waals surface area contributed by atoms with Crippen molar-refractivity contribution in [1.29, 1.82) is 0 Å². The number of nitrogens with zero attached hydrogens (tertiary/aromatic N) is 2. The van der Waals surface area contributed by atoms with Crippen LogP contribution in [0.2, 0.25) is 0 Å². The van der Waals surface area contributed by atoms with Crippen molar-refractivity contribution in [3.63, 3.8) is 0 Å². The first kappa shape index (κ1) is 12.0. The first-order valence-electron chi connectivity index (χ1n) is 5.27. The summed E-state index contributed by atoms with van der Waals surface area (Å²) in [5.41, 5.74) is 9.92. The van der Waals surface area contributed by atoms with Crippen LogP contribution >= 0.6 is 11.3 Å². The average Bonchev–Trinajstić information content (AvgIpc) is 2.81. The molecule has 0 aliphatic carbocycles. The number of anilines is 1. The van der Waals surface area contributed by atoms with E-state index in [9.17, 15) is 4.39 Å². The van der Waals surface area contributed by atoms with Gasteiger partial charge in [-0.2, -0.15) is 0 Å². The summed E-state index contributed by atoms with van der Waals surface area (Å²) in [4.78, 5) is 6.16. The van der Waals surface area contributed by atoms with Crippen molar-refractivity contribution in [2.75, 3.05) is 11.9 Å². The predicted molar refractivity (Wildman–Crippen MR) is 68.5 cm³/mol. The minimum atomic E-state index is -0.256. The van der Waals surface area contributed by atoms with E-state index in [1.54, 1.807) is 16.8 Å². The fourth-order valence-corrected chi connectivity index (χ4v) is 2.17. The molecule has 1 aromatic heterocycles. The molecule has 0 amide bonds. The molecule has 0 atom stereocenters. The molecular weight excluding hydrogens is 237 g/mol. The van der Waals surface area contributed by atoms with Gasteiger partial charge in [0.2, 0.25) is 0 Å². The van der Waals surface area contributed by atoms with E-state index in [2.05, 4.69) is 4.98 Å². The number of aromatic nitrogens is 1. The highest BCUT2D eigenvalue weighted by Crippen LogP contribution is 2.19. The van der Waals surface area contributed by atoms with Crippen molar-refractivity contribution in [3.8, 4) is 0 Å². The van der Waals surface area contributed by atoms with Crippen molar-refractivity contribution in [2.24, 2.45) is 5.73 Å². The summed E-state index contributed by atoms with van der Waals surface area (Å²) in [6.07, 6.45) is 0. The lowest BCUT2D eigenvalue weighted by Gasteiger charge is -2.19. The topological polar surface area (TPSA) is 42.2 Å². The zero-order chi connectivity index (χ0) is 12.3. The summed E-state index contributed by atoms with van der Waals surface area (Å²) in [6, 6.07) is 4.86. The van der Waals surface area contributed by atoms with Crippen molar-refractivity contribution in [3.05, 3.63) is 46.2 Å². The first-order valence-corrected chi connectivity index (χ1v) is 6.21. The number of hydrogen-bond acceptors (Lipinski definition) is 4. The molecule has 0 saturated heterocycles. The first-order chi connectivity index (χ1) is 8.19. The monoisotopic (exact) mass is 251 g/mol. The Morgan fingerprint density at radius 2 is 2.24 bits per heavy atom. The second-order valence-corrected chi connectivity index (χ2v) is 4.58. The van der Waals surface area contributed by atoms with Crippen molar-refractivity contribution in [2.45, 2.75) is 13.1 Å². The maximum atomic E-state index is 13.4. The van der Waals surface area contributed by atoms with Crippen LogP contribution in [-0.4, -0.2) is 12.0 Å². The zero-order valence-corrected chi connectivity index (χ0v) is 10.4. The van der Waals surface area contributed by atoms with Gasteiger partial charge in [0.05, 0.1) is 17.7 Å². The van der Waals surface area contributed by atoms with E-state index in [1.165, 1.54) is 12.1 Å². The number of nitrogens with two attached hydrogens (primary N) is 1. The minimum Gasteiger partial charge on any atom is -0.369 e. The lowest BCUT2D eigenvalue weighted by Crippen LogP contribution is -2.17. The molecular formula is C12H14FN3S. The van der Waals surface area contributed by atoms with Gasteiger partial charge in [0.15, 0.2) is 0 Å². The molecule has 5 heteroatoms. The molecule has 90 valence electrons. The van der Waals surface area contributed by atoms with Gasteiger partial charge < -0.3 is 10.6 Å². The fraction of sp³-hybridized carbons (Fsp3) is 0.250. The Balaban J connectivity index is 2.18. The normalized spacial score (nSPS) is 10.5. The number of halogens is 1. The summed E-state index contributed by atoms with van der Waals surface area (Å²) in [5.74, 6) is -0.256. The molecule has 0 fully saturated rings. The van der Waals surface area contributed by atoms with Crippen LogP contribution in [0.1, 0.15) is 11.3 Å². The van der Waals surface area contributed by atoms with E-state index in [0.717, 1.165) is 16.9 Å². The van der Waals surface area contributed by atoms with Crippen LogP contribution in [0.3, 0.4) is 0 Å². The SMILES string of the molecule is CN(Cc1cscn1)c1cc(F)cc(CN)c1. The third kappa shape index (κ3) is 3.01. The maximum Gasteiger partial charge on any atom is 0.125 e. The van der Waals surface area contributed by atoms with Crippen LogP contribution in [-0.2, 0) is 13.1 Å². The maximum absolute atomic E-state index is 13.4. The second-order valence-electron chi connectivity index (χ2n) is 3.86.